The summed E-state index contributed by atoms with van der Waals surface area (Å²) in [7, 11) is 0. The van der Waals surface area contributed by atoms with Crippen LogP contribution in [0.3, 0.4) is 0 Å². The molecule has 1 aliphatic carbocycles. The quantitative estimate of drug-likeness (QED) is 0.712. The van der Waals surface area contributed by atoms with Gasteiger partial charge in [0.05, 0.1) is 5.41 Å². The molecule has 1 saturated heterocycles. The molecule has 4 rings (SSSR count). The highest BCUT2D eigenvalue weighted by atomic mass is 79.9. The van der Waals surface area contributed by atoms with Crippen molar-refractivity contribution in [3.8, 4) is 0 Å². The van der Waals surface area contributed by atoms with Gasteiger partial charge in [-0.15, -0.1) is 0 Å². The van der Waals surface area contributed by atoms with Crippen LogP contribution in [0.15, 0.2) is 47.1 Å². The molecule has 28 heavy (non-hydrogen) atoms. The second kappa shape index (κ2) is 8.64. The Balaban J connectivity index is 1.41. The van der Waals surface area contributed by atoms with Gasteiger partial charge < -0.3 is 10.2 Å². The number of pyridine rings is 1. The molecule has 0 bridgehead atoms. The Kier molecular flexibility index (Phi) is 6.00. The molecule has 2 aliphatic rings. The Morgan fingerprint density at radius 1 is 1.00 bits per heavy atom. The summed E-state index contributed by atoms with van der Waals surface area (Å²) in [6.07, 6.45) is 9.78. The van der Waals surface area contributed by atoms with E-state index in [9.17, 15) is 4.79 Å². The van der Waals surface area contributed by atoms with Crippen LogP contribution in [-0.2, 0) is 16.8 Å². The van der Waals surface area contributed by atoms with E-state index in [-0.39, 0.29) is 11.3 Å². The van der Waals surface area contributed by atoms with E-state index in [0.717, 1.165) is 60.2 Å². The molecular weight excluding hydrogens is 414 g/mol. The first kappa shape index (κ1) is 19.4. The molecule has 1 aliphatic heterocycles. The number of amides is 1. The molecule has 148 valence electrons. The third kappa shape index (κ3) is 4.09. The minimum Gasteiger partial charge on any atom is -0.357 e. The molecule has 2 heterocycles. The molecule has 2 aromatic rings. The van der Waals surface area contributed by atoms with Crippen molar-refractivity contribution >= 4 is 27.7 Å². The zero-order chi connectivity index (χ0) is 19.4. The van der Waals surface area contributed by atoms with Crippen LogP contribution >= 0.6 is 15.9 Å². The highest BCUT2D eigenvalue weighted by Crippen LogP contribution is 2.41. The topological polar surface area (TPSA) is 45.2 Å². The number of nitrogens with one attached hydrogen (secondary N) is 1. The number of rotatable bonds is 5. The van der Waals surface area contributed by atoms with Crippen molar-refractivity contribution in [2.45, 2.75) is 56.9 Å². The first-order valence-electron chi connectivity index (χ1n) is 10.4. The molecule has 1 N–H and O–H groups in total. The number of carbonyl (C=O) groups is 1. The van der Waals surface area contributed by atoms with E-state index < -0.39 is 0 Å². The highest BCUT2D eigenvalue weighted by molar-refractivity contribution is 9.10. The van der Waals surface area contributed by atoms with Crippen molar-refractivity contribution in [2.24, 2.45) is 0 Å². The van der Waals surface area contributed by atoms with Crippen LogP contribution in [0.25, 0.3) is 0 Å². The molecule has 1 amide bonds. The van der Waals surface area contributed by atoms with Crippen molar-refractivity contribution < 1.29 is 4.79 Å². The number of aromatic nitrogens is 1. The third-order valence-corrected chi connectivity index (χ3v) is 6.76. The molecule has 4 nitrogen and oxygen atoms in total. The van der Waals surface area contributed by atoms with Crippen molar-refractivity contribution in [2.75, 3.05) is 18.0 Å². The van der Waals surface area contributed by atoms with Crippen molar-refractivity contribution in [1.29, 1.82) is 0 Å². The summed E-state index contributed by atoms with van der Waals surface area (Å²) in [5.74, 6) is 1.20. The van der Waals surface area contributed by atoms with Gasteiger partial charge in [-0.05, 0) is 61.4 Å². The van der Waals surface area contributed by atoms with Crippen molar-refractivity contribution in [3.63, 3.8) is 0 Å². The predicted molar refractivity (Wildman–Crippen MR) is 116 cm³/mol. The van der Waals surface area contributed by atoms with Gasteiger partial charge in [0.15, 0.2) is 0 Å². The lowest BCUT2D eigenvalue weighted by atomic mass is 9.78. The Morgan fingerprint density at radius 2 is 1.71 bits per heavy atom. The molecule has 0 radical (unpaired) electrons. The first-order valence-corrected chi connectivity index (χ1v) is 11.2. The number of hydrogen-bond donors (Lipinski definition) is 1. The van der Waals surface area contributed by atoms with Crippen LogP contribution < -0.4 is 10.2 Å². The van der Waals surface area contributed by atoms with Gasteiger partial charge in [0, 0.05) is 30.3 Å². The number of hydrogen-bond acceptors (Lipinski definition) is 3. The third-order valence-electron chi connectivity index (χ3n) is 6.23. The number of nitrogens with zero attached hydrogens (tertiary/aromatic N) is 2. The van der Waals surface area contributed by atoms with E-state index in [1.54, 1.807) is 0 Å². The maximum atomic E-state index is 13.2. The largest absolute Gasteiger partial charge is 0.357 e. The van der Waals surface area contributed by atoms with Gasteiger partial charge in [0.2, 0.25) is 5.91 Å². The lowest BCUT2D eigenvalue weighted by Gasteiger charge is -2.29. The fraction of sp³-hybridized carbons (Fsp3) is 0.478. The van der Waals surface area contributed by atoms with E-state index in [2.05, 4.69) is 55.4 Å². The maximum Gasteiger partial charge on any atom is 0.230 e. The van der Waals surface area contributed by atoms with Crippen molar-refractivity contribution in [1.82, 2.24) is 10.3 Å². The van der Waals surface area contributed by atoms with E-state index in [1.165, 1.54) is 19.3 Å². The molecular formula is C23H28BrN3O. The SMILES string of the molecule is O=C(NCc1ccc(N2CCCCC2)nc1)C1(c2ccc(Br)cc2)CCCC1. The molecule has 5 heteroatoms. The minimum absolute atomic E-state index is 0.146. The van der Waals surface area contributed by atoms with Gasteiger partial charge in [0.25, 0.3) is 0 Å². The molecule has 0 spiro atoms. The number of carbonyl (C=O) groups excluding carboxylic acids is 1. The molecule has 1 saturated carbocycles. The number of benzene rings is 1. The van der Waals surface area contributed by atoms with E-state index in [4.69, 9.17) is 0 Å². The van der Waals surface area contributed by atoms with Gasteiger partial charge in [-0.25, -0.2) is 4.98 Å². The minimum atomic E-state index is -0.387. The highest BCUT2D eigenvalue weighted by Gasteiger charge is 2.42. The van der Waals surface area contributed by atoms with Gasteiger partial charge >= 0.3 is 0 Å². The summed E-state index contributed by atoms with van der Waals surface area (Å²) < 4.78 is 1.05. The molecule has 0 atom stereocenters. The first-order chi connectivity index (χ1) is 13.7. The van der Waals surface area contributed by atoms with E-state index >= 15 is 0 Å². The molecule has 1 aromatic carbocycles. The Labute approximate surface area is 175 Å². The normalized spacial score (nSPS) is 18.8. The standard InChI is InChI=1S/C23H28BrN3O/c24-20-9-7-19(8-10-20)23(12-2-3-13-23)22(28)26-17-18-6-11-21(25-16-18)27-14-4-1-5-15-27/h6-11,16H,1-5,12-15,17H2,(H,26,28). The van der Waals surface area contributed by atoms with E-state index in [1.807, 2.05) is 18.3 Å². The summed E-state index contributed by atoms with van der Waals surface area (Å²) >= 11 is 3.49. The number of piperidine rings is 1. The zero-order valence-corrected chi connectivity index (χ0v) is 17.9. The second-order valence-corrected chi connectivity index (χ2v) is 8.97. The van der Waals surface area contributed by atoms with Gasteiger partial charge in [-0.1, -0.05) is 47.0 Å². The Bertz CT molecular complexity index is 792. The van der Waals surface area contributed by atoms with Crippen LogP contribution in [0, 0.1) is 0 Å². The smallest absolute Gasteiger partial charge is 0.230 e. The fourth-order valence-electron chi connectivity index (χ4n) is 4.58. The summed E-state index contributed by atoms with van der Waals surface area (Å²) in [5.41, 5.74) is 1.80. The van der Waals surface area contributed by atoms with E-state index in [0.29, 0.717) is 6.54 Å². The van der Waals surface area contributed by atoms with Gasteiger partial charge in [-0.2, -0.15) is 0 Å². The summed E-state index contributed by atoms with van der Waals surface area (Å²) in [4.78, 5) is 20.2. The summed E-state index contributed by atoms with van der Waals surface area (Å²) in [6.45, 7) is 2.72. The van der Waals surface area contributed by atoms with Crippen LogP contribution in [-0.4, -0.2) is 24.0 Å². The Morgan fingerprint density at radius 3 is 2.36 bits per heavy atom. The monoisotopic (exact) mass is 441 g/mol. The van der Waals surface area contributed by atoms with Gasteiger partial charge in [-0.3, -0.25) is 4.79 Å². The fourth-order valence-corrected chi connectivity index (χ4v) is 4.84. The summed E-state index contributed by atoms with van der Waals surface area (Å²) in [5, 5.41) is 3.19. The average Bonchev–Trinajstić information content (AvgIpc) is 3.25. The van der Waals surface area contributed by atoms with Crippen LogP contribution in [0.4, 0.5) is 5.82 Å². The molecule has 1 aromatic heterocycles. The van der Waals surface area contributed by atoms with Crippen LogP contribution in [0.2, 0.25) is 0 Å². The lowest BCUT2D eigenvalue weighted by molar-refractivity contribution is -0.126. The number of halogens is 1. The predicted octanol–water partition coefficient (Wildman–Crippen LogP) is 4.96. The molecule has 0 unspecified atom stereocenters. The maximum absolute atomic E-state index is 13.2. The van der Waals surface area contributed by atoms with Crippen LogP contribution in [0.1, 0.15) is 56.1 Å². The lowest BCUT2D eigenvalue weighted by Crippen LogP contribution is -2.42. The average molecular weight is 442 g/mol. The Hall–Kier alpha value is -1.88. The van der Waals surface area contributed by atoms with Crippen LogP contribution in [0.5, 0.6) is 0 Å². The molecule has 2 fully saturated rings. The van der Waals surface area contributed by atoms with Gasteiger partial charge in [0.1, 0.15) is 5.82 Å². The van der Waals surface area contributed by atoms with Crippen molar-refractivity contribution in [3.05, 3.63) is 58.2 Å². The zero-order valence-electron chi connectivity index (χ0n) is 16.3. The summed E-state index contributed by atoms with van der Waals surface area (Å²) in [6, 6.07) is 12.4. The second-order valence-electron chi connectivity index (χ2n) is 8.05. The number of anilines is 1.